The van der Waals surface area contributed by atoms with Gasteiger partial charge in [0.05, 0.1) is 25.6 Å². The Morgan fingerprint density at radius 3 is 2.80 bits per heavy atom. The maximum atomic E-state index is 12.4. The SMILES string of the molecule is COC(=O)C(C)NP(=S)(OC[C@H]1O[C@@H](n2cnc3c(=O)[nH]c(C)cc32)C(C)(O)C1O)Oc1cccc2ccccc12. The normalized spacial score (nSPS) is 24.8. The highest BCUT2D eigenvalue weighted by Gasteiger charge is 2.54. The lowest BCUT2D eigenvalue weighted by Gasteiger charge is -2.28. The fraction of sp³-hybridized carbons (Fsp3) is 0.370. The van der Waals surface area contributed by atoms with E-state index in [0.29, 0.717) is 17.0 Å². The van der Waals surface area contributed by atoms with Crippen molar-refractivity contribution in [2.45, 2.75) is 50.8 Å². The second-order valence-corrected chi connectivity index (χ2v) is 13.2. The Labute approximate surface area is 240 Å². The van der Waals surface area contributed by atoms with E-state index in [9.17, 15) is 19.8 Å². The number of benzene rings is 2. The lowest BCUT2D eigenvalue weighted by Crippen LogP contribution is -2.44. The predicted octanol–water partition coefficient (Wildman–Crippen LogP) is 2.67. The number of rotatable bonds is 9. The van der Waals surface area contributed by atoms with Crippen LogP contribution in [0.2, 0.25) is 0 Å². The third-order valence-corrected chi connectivity index (χ3v) is 9.49. The number of aromatic nitrogens is 3. The number of nitrogens with one attached hydrogen (secondary N) is 2. The molecule has 1 aliphatic heterocycles. The highest BCUT2D eigenvalue weighted by molar-refractivity contribution is 8.09. The van der Waals surface area contributed by atoms with Gasteiger partial charge < -0.3 is 38.3 Å². The molecule has 14 heteroatoms. The lowest BCUT2D eigenvalue weighted by molar-refractivity contribution is -0.142. The molecular formula is C27H31N4O8PS. The number of aryl methyl sites for hydroxylation is 1. The molecule has 6 atom stereocenters. The molecule has 2 aromatic heterocycles. The standard InChI is InChI=1S/C27H31N4O8PS/c1-15-12-19-22(24(33)29-15)28-14-31(19)26-27(3,35)23(32)21(38-26)13-37-40(41,30-16(2)25(34)36-4)39-20-11-7-9-17-8-5-6-10-18(17)20/h5-12,14,16,21,23,26,32,35H,13H2,1-4H3,(H,29,33)(H,30,41)/t16?,21-,23?,26-,27?,40?/m1/s1. The number of nitrogens with zero attached hydrogens (tertiary/aromatic N) is 2. The van der Waals surface area contributed by atoms with Gasteiger partial charge in [0.25, 0.3) is 5.56 Å². The first kappa shape index (κ1) is 29.3. The number of H-pyrrole nitrogens is 1. The number of imidazole rings is 1. The highest BCUT2D eigenvalue weighted by atomic mass is 32.5. The summed E-state index contributed by atoms with van der Waals surface area (Å²) in [5, 5.41) is 27.1. The van der Waals surface area contributed by atoms with Crippen molar-refractivity contribution < 1.29 is 33.5 Å². The van der Waals surface area contributed by atoms with Gasteiger partial charge in [-0.3, -0.25) is 9.59 Å². The van der Waals surface area contributed by atoms with Crippen molar-refractivity contribution in [3.8, 4) is 5.75 Å². The van der Waals surface area contributed by atoms with Crippen LogP contribution in [0.3, 0.4) is 0 Å². The first-order valence-electron chi connectivity index (χ1n) is 12.8. The molecule has 1 fully saturated rings. The molecular weight excluding hydrogens is 571 g/mol. The molecule has 41 heavy (non-hydrogen) atoms. The maximum Gasteiger partial charge on any atom is 0.323 e. The topological polar surface area (TPSA) is 157 Å². The summed E-state index contributed by atoms with van der Waals surface area (Å²) >= 11 is 5.82. The van der Waals surface area contributed by atoms with Crippen LogP contribution in [0.5, 0.6) is 5.75 Å². The van der Waals surface area contributed by atoms with Gasteiger partial charge in [-0.1, -0.05) is 36.4 Å². The number of carbonyl (C=O) groups excluding carboxylic acids is 1. The smallest absolute Gasteiger partial charge is 0.323 e. The van der Waals surface area contributed by atoms with Crippen LogP contribution in [0.25, 0.3) is 21.8 Å². The molecule has 4 N–H and O–H groups in total. The Hall–Kier alpha value is -3.16. The Balaban J connectivity index is 1.42. The molecule has 2 aromatic carbocycles. The zero-order valence-electron chi connectivity index (χ0n) is 22.8. The number of aromatic amines is 1. The number of fused-ring (bicyclic) bond motifs is 2. The lowest BCUT2D eigenvalue weighted by atomic mass is 9.96. The van der Waals surface area contributed by atoms with Crippen LogP contribution in [-0.2, 0) is 30.6 Å². The second kappa shape index (κ2) is 11.3. The van der Waals surface area contributed by atoms with E-state index >= 15 is 0 Å². The van der Waals surface area contributed by atoms with E-state index in [2.05, 4.69) is 15.1 Å². The number of aliphatic hydroxyl groups is 2. The van der Waals surface area contributed by atoms with Crippen molar-refractivity contribution in [1.29, 1.82) is 0 Å². The van der Waals surface area contributed by atoms with Gasteiger partial charge in [-0.05, 0) is 50.1 Å². The molecule has 0 radical (unpaired) electrons. The van der Waals surface area contributed by atoms with Crippen LogP contribution < -0.4 is 15.2 Å². The molecule has 0 aliphatic carbocycles. The quantitative estimate of drug-likeness (QED) is 0.165. The summed E-state index contributed by atoms with van der Waals surface area (Å²) < 4.78 is 24.8. The summed E-state index contributed by atoms with van der Waals surface area (Å²) in [5.74, 6) is -0.124. The average molecular weight is 603 g/mol. The second-order valence-electron chi connectivity index (χ2n) is 10.1. The van der Waals surface area contributed by atoms with Gasteiger partial charge in [-0.15, -0.1) is 0 Å². The van der Waals surface area contributed by atoms with Crippen LogP contribution in [0.4, 0.5) is 0 Å². The molecule has 1 saturated heterocycles. The summed E-state index contributed by atoms with van der Waals surface area (Å²) in [4.78, 5) is 31.4. The Kier molecular flexibility index (Phi) is 8.05. The van der Waals surface area contributed by atoms with Gasteiger partial charge in [0.15, 0.2) is 11.7 Å². The van der Waals surface area contributed by atoms with Crippen molar-refractivity contribution in [3.05, 3.63) is 70.9 Å². The van der Waals surface area contributed by atoms with E-state index in [0.717, 1.165) is 10.8 Å². The van der Waals surface area contributed by atoms with Crippen molar-refractivity contribution >= 4 is 46.2 Å². The van der Waals surface area contributed by atoms with Crippen LogP contribution in [0.1, 0.15) is 25.8 Å². The monoisotopic (exact) mass is 602 g/mol. The first-order chi connectivity index (χ1) is 19.4. The fourth-order valence-corrected chi connectivity index (χ4v) is 7.28. The molecule has 4 unspecified atom stereocenters. The van der Waals surface area contributed by atoms with E-state index in [1.807, 2.05) is 36.4 Å². The average Bonchev–Trinajstić information content (AvgIpc) is 3.45. The van der Waals surface area contributed by atoms with Gasteiger partial charge in [0, 0.05) is 11.1 Å². The molecule has 4 aromatic rings. The molecule has 0 spiro atoms. The van der Waals surface area contributed by atoms with Crippen LogP contribution in [0, 0.1) is 6.92 Å². The van der Waals surface area contributed by atoms with Gasteiger partial charge in [0.2, 0.25) is 0 Å². The van der Waals surface area contributed by atoms with Crippen LogP contribution >= 0.6 is 6.64 Å². The number of hydrogen-bond acceptors (Lipinski definition) is 10. The largest absolute Gasteiger partial charge is 0.468 e. The summed E-state index contributed by atoms with van der Waals surface area (Å²) in [6.07, 6.45) is -2.19. The Bertz CT molecular complexity index is 1700. The zero-order chi connectivity index (χ0) is 29.5. The molecule has 12 nitrogen and oxygen atoms in total. The number of hydrogen-bond donors (Lipinski definition) is 4. The summed E-state index contributed by atoms with van der Waals surface area (Å²) in [6.45, 7) is 0.952. The summed E-state index contributed by atoms with van der Waals surface area (Å²) in [6, 6.07) is 13.9. The highest BCUT2D eigenvalue weighted by Crippen LogP contribution is 2.49. The van der Waals surface area contributed by atoms with Crippen molar-refractivity contribution in [3.63, 3.8) is 0 Å². The van der Waals surface area contributed by atoms with Crippen molar-refractivity contribution in [1.82, 2.24) is 19.6 Å². The van der Waals surface area contributed by atoms with Gasteiger partial charge in [0.1, 0.15) is 29.6 Å². The summed E-state index contributed by atoms with van der Waals surface area (Å²) in [5.41, 5.74) is -0.968. The predicted molar refractivity (Wildman–Crippen MR) is 155 cm³/mol. The maximum absolute atomic E-state index is 12.4. The number of carbonyl (C=O) groups is 1. The van der Waals surface area contributed by atoms with E-state index in [1.165, 1.54) is 24.9 Å². The van der Waals surface area contributed by atoms with Crippen molar-refractivity contribution in [2.24, 2.45) is 0 Å². The zero-order valence-corrected chi connectivity index (χ0v) is 24.5. The minimum Gasteiger partial charge on any atom is -0.468 e. The Morgan fingerprint density at radius 2 is 2.05 bits per heavy atom. The van der Waals surface area contributed by atoms with E-state index in [4.69, 9.17) is 30.3 Å². The molecule has 0 amide bonds. The molecule has 3 heterocycles. The molecule has 218 valence electrons. The van der Waals surface area contributed by atoms with Gasteiger partial charge in [-0.25, -0.2) is 10.1 Å². The van der Waals surface area contributed by atoms with Gasteiger partial charge >= 0.3 is 12.6 Å². The molecule has 1 aliphatic rings. The Morgan fingerprint density at radius 1 is 1.32 bits per heavy atom. The number of pyridine rings is 1. The minimum absolute atomic E-state index is 0.171. The van der Waals surface area contributed by atoms with E-state index < -0.39 is 42.7 Å². The molecule has 0 bridgehead atoms. The van der Waals surface area contributed by atoms with Crippen molar-refractivity contribution in [2.75, 3.05) is 13.7 Å². The number of esters is 1. The van der Waals surface area contributed by atoms with Crippen LogP contribution in [-0.4, -0.2) is 68.3 Å². The van der Waals surface area contributed by atoms with E-state index in [-0.39, 0.29) is 17.7 Å². The van der Waals surface area contributed by atoms with Crippen LogP contribution in [0.15, 0.2) is 59.7 Å². The molecule has 5 rings (SSSR count). The fourth-order valence-electron chi connectivity index (χ4n) is 4.87. The third-order valence-electron chi connectivity index (χ3n) is 7.00. The summed E-state index contributed by atoms with van der Waals surface area (Å²) in [7, 11) is 1.26. The first-order valence-corrected chi connectivity index (χ1v) is 15.5. The van der Waals surface area contributed by atoms with E-state index in [1.54, 1.807) is 26.0 Å². The molecule has 0 saturated carbocycles. The number of methoxy groups -OCH3 is 1. The number of ether oxygens (including phenoxy) is 2. The third kappa shape index (κ3) is 5.67. The minimum atomic E-state index is -3.48. The number of aliphatic hydroxyl groups excluding tert-OH is 1. The van der Waals surface area contributed by atoms with Gasteiger partial charge in [-0.2, -0.15) is 0 Å².